The second-order valence-corrected chi connectivity index (χ2v) is 5.97. The number of halogens is 4. The molecule has 0 saturated carbocycles. The van der Waals surface area contributed by atoms with Crippen LogP contribution in [0.15, 0.2) is 24.3 Å². The highest BCUT2D eigenvalue weighted by molar-refractivity contribution is 5.78. The minimum absolute atomic E-state index is 0.00524. The smallest absolute Gasteiger partial charge is 0.330 e. The second-order valence-electron chi connectivity index (χ2n) is 5.97. The van der Waals surface area contributed by atoms with Gasteiger partial charge in [-0.05, 0) is 24.5 Å². The normalized spacial score (nSPS) is 21.5. The van der Waals surface area contributed by atoms with Crippen LogP contribution in [-0.2, 0) is 15.1 Å². The number of carbonyl (C=O) groups is 1. The summed E-state index contributed by atoms with van der Waals surface area (Å²) in [6.45, 7) is -0.171. The lowest BCUT2D eigenvalue weighted by Crippen LogP contribution is -2.38. The Labute approximate surface area is 137 Å². The maximum absolute atomic E-state index is 12.7. The van der Waals surface area contributed by atoms with Crippen LogP contribution in [0.3, 0.4) is 0 Å². The summed E-state index contributed by atoms with van der Waals surface area (Å²) in [5.74, 6) is -4.91. The van der Waals surface area contributed by atoms with Gasteiger partial charge in [-0.25, -0.2) is 8.78 Å². The summed E-state index contributed by atoms with van der Waals surface area (Å²) < 4.78 is 53.9. The number of aryl methyl sites for hydroxylation is 1. The molecule has 1 fully saturated rings. The molecule has 8 heteroatoms. The van der Waals surface area contributed by atoms with E-state index in [1.807, 2.05) is 19.1 Å². The van der Waals surface area contributed by atoms with Gasteiger partial charge in [-0.15, -0.1) is 0 Å². The van der Waals surface area contributed by atoms with E-state index in [2.05, 4.69) is 4.74 Å². The van der Waals surface area contributed by atoms with Crippen LogP contribution in [0.1, 0.15) is 17.5 Å². The summed E-state index contributed by atoms with van der Waals surface area (Å²) in [4.78, 5) is 13.2. The van der Waals surface area contributed by atoms with Crippen LogP contribution < -0.4 is 0 Å². The van der Waals surface area contributed by atoms with E-state index in [1.165, 1.54) is 4.90 Å². The van der Waals surface area contributed by atoms with Crippen molar-refractivity contribution in [1.29, 1.82) is 0 Å². The molecule has 0 radical (unpaired) electrons. The summed E-state index contributed by atoms with van der Waals surface area (Å²) in [5.41, 5.74) is 0.362. The maximum atomic E-state index is 12.7. The molecule has 1 N–H and O–H groups in total. The number of alkyl halides is 4. The molecule has 1 heterocycles. The summed E-state index contributed by atoms with van der Waals surface area (Å²) in [6, 6.07) is 7.22. The number of hydrogen-bond donors (Lipinski definition) is 1. The van der Waals surface area contributed by atoms with Crippen LogP contribution in [0.5, 0.6) is 0 Å². The Bertz CT molecular complexity index is 596. The van der Waals surface area contributed by atoms with E-state index in [0.717, 1.165) is 5.56 Å². The molecule has 0 aromatic heterocycles. The molecule has 1 atom stereocenters. The van der Waals surface area contributed by atoms with Crippen molar-refractivity contribution < 1.29 is 32.2 Å². The van der Waals surface area contributed by atoms with Gasteiger partial charge < -0.3 is 14.7 Å². The Kier molecular flexibility index (Phi) is 5.49. The van der Waals surface area contributed by atoms with Crippen LogP contribution in [0, 0.1) is 6.92 Å². The Balaban J connectivity index is 1.91. The van der Waals surface area contributed by atoms with E-state index >= 15 is 0 Å². The zero-order valence-corrected chi connectivity index (χ0v) is 13.1. The van der Waals surface area contributed by atoms with Crippen molar-refractivity contribution in [2.24, 2.45) is 0 Å². The van der Waals surface area contributed by atoms with E-state index in [0.29, 0.717) is 12.0 Å². The molecule has 0 unspecified atom stereocenters. The van der Waals surface area contributed by atoms with Crippen molar-refractivity contribution in [2.45, 2.75) is 31.3 Å². The van der Waals surface area contributed by atoms with Gasteiger partial charge in [-0.2, -0.15) is 8.78 Å². The molecule has 1 aromatic rings. The van der Waals surface area contributed by atoms with E-state index in [4.69, 9.17) is 0 Å². The van der Waals surface area contributed by atoms with Gasteiger partial charge in [0.2, 0.25) is 5.91 Å². The number of hydrogen-bond acceptors (Lipinski definition) is 3. The third-order valence-corrected chi connectivity index (χ3v) is 4.09. The first-order valence-electron chi connectivity index (χ1n) is 7.46. The van der Waals surface area contributed by atoms with E-state index in [9.17, 15) is 27.5 Å². The summed E-state index contributed by atoms with van der Waals surface area (Å²) >= 11 is 0. The average Bonchev–Trinajstić information content (AvgIpc) is 2.91. The van der Waals surface area contributed by atoms with Gasteiger partial charge >= 0.3 is 12.3 Å². The molecular weight excluding hydrogens is 330 g/mol. The number of aliphatic hydroxyl groups is 1. The number of β-amino-alcohol motifs (C(OH)–C–C–N with tert-alkyl or cyclic N) is 1. The van der Waals surface area contributed by atoms with Crippen molar-refractivity contribution in [3.8, 4) is 0 Å². The second kappa shape index (κ2) is 7.06. The van der Waals surface area contributed by atoms with Crippen LogP contribution in [0.2, 0.25) is 0 Å². The Morgan fingerprint density at radius 2 is 2.08 bits per heavy atom. The fourth-order valence-electron chi connectivity index (χ4n) is 2.75. The first kappa shape index (κ1) is 18.7. The van der Waals surface area contributed by atoms with Gasteiger partial charge in [-0.1, -0.05) is 24.3 Å². The largest absolute Gasteiger partial charge is 0.383 e. The van der Waals surface area contributed by atoms with Crippen molar-refractivity contribution in [3.63, 3.8) is 0 Å². The number of rotatable bonds is 6. The van der Waals surface area contributed by atoms with E-state index < -0.39 is 37.1 Å². The zero-order valence-electron chi connectivity index (χ0n) is 13.1. The van der Waals surface area contributed by atoms with Crippen LogP contribution >= 0.6 is 0 Å². The highest BCUT2D eigenvalue weighted by atomic mass is 19.3. The Morgan fingerprint density at radius 3 is 2.71 bits per heavy atom. The molecule has 134 valence electrons. The molecule has 24 heavy (non-hydrogen) atoms. The number of benzene rings is 1. The monoisotopic (exact) mass is 349 g/mol. The molecular formula is C16H19F4NO3. The third kappa shape index (κ3) is 4.05. The maximum Gasteiger partial charge on any atom is 0.330 e. The lowest BCUT2D eigenvalue weighted by Gasteiger charge is -2.25. The molecule has 0 bridgehead atoms. The highest BCUT2D eigenvalue weighted by Gasteiger charge is 2.42. The first-order chi connectivity index (χ1) is 11.2. The van der Waals surface area contributed by atoms with Gasteiger partial charge in [0, 0.05) is 6.54 Å². The van der Waals surface area contributed by atoms with Crippen molar-refractivity contribution in [1.82, 2.24) is 4.90 Å². The van der Waals surface area contributed by atoms with Crippen LogP contribution in [0.25, 0.3) is 0 Å². The number of likely N-dealkylation sites (tertiary alicyclic amines) is 1. The van der Waals surface area contributed by atoms with E-state index in [-0.39, 0.29) is 13.1 Å². The van der Waals surface area contributed by atoms with Crippen molar-refractivity contribution >= 4 is 5.91 Å². The third-order valence-electron chi connectivity index (χ3n) is 4.09. The lowest BCUT2D eigenvalue weighted by molar-refractivity contribution is -0.170. The quantitative estimate of drug-likeness (QED) is 0.802. The number of ether oxygens (including phenoxy) is 1. The average molecular weight is 349 g/mol. The molecule has 0 spiro atoms. The standard InChI is InChI=1S/C16H19F4NO3/c1-11-4-2-3-5-12(11)15(23)6-7-21(9-15)13(22)8-24-10-16(19,20)14(17)18/h2-5,14,23H,6-10H2,1H3/t15-/m0/s1. The fraction of sp³-hybridized carbons (Fsp3) is 0.562. The Morgan fingerprint density at radius 1 is 1.42 bits per heavy atom. The molecule has 2 rings (SSSR count). The van der Waals surface area contributed by atoms with Gasteiger partial charge in [-0.3, -0.25) is 4.79 Å². The summed E-state index contributed by atoms with van der Waals surface area (Å²) in [7, 11) is 0. The van der Waals surface area contributed by atoms with Gasteiger partial charge in [0.25, 0.3) is 0 Å². The van der Waals surface area contributed by atoms with E-state index in [1.54, 1.807) is 12.1 Å². The fourth-order valence-corrected chi connectivity index (χ4v) is 2.75. The topological polar surface area (TPSA) is 49.8 Å². The molecule has 1 saturated heterocycles. The van der Waals surface area contributed by atoms with Crippen molar-refractivity contribution in [3.05, 3.63) is 35.4 Å². The minimum atomic E-state index is -4.28. The van der Waals surface area contributed by atoms with Gasteiger partial charge in [0.05, 0.1) is 6.54 Å². The molecule has 1 aliphatic rings. The minimum Gasteiger partial charge on any atom is -0.383 e. The number of carbonyl (C=O) groups excluding carboxylic acids is 1. The lowest BCUT2D eigenvalue weighted by atomic mass is 9.89. The molecule has 1 amide bonds. The summed E-state index contributed by atoms with van der Waals surface area (Å²) in [6.07, 6.45) is -3.54. The van der Waals surface area contributed by atoms with Gasteiger partial charge in [0.15, 0.2) is 0 Å². The highest BCUT2D eigenvalue weighted by Crippen LogP contribution is 2.33. The SMILES string of the molecule is Cc1ccccc1[C@]1(O)CCN(C(=O)COCC(F)(F)C(F)F)C1. The zero-order chi connectivity index (χ0) is 18.0. The predicted molar refractivity (Wildman–Crippen MR) is 78.0 cm³/mol. The molecule has 1 aliphatic heterocycles. The van der Waals surface area contributed by atoms with Gasteiger partial charge in [0.1, 0.15) is 18.8 Å². The van der Waals surface area contributed by atoms with Crippen molar-refractivity contribution in [2.75, 3.05) is 26.3 Å². The molecule has 4 nitrogen and oxygen atoms in total. The summed E-state index contributed by atoms with van der Waals surface area (Å²) in [5, 5.41) is 10.7. The molecule has 1 aromatic carbocycles. The first-order valence-corrected chi connectivity index (χ1v) is 7.46. The number of nitrogens with zero attached hydrogens (tertiary/aromatic N) is 1. The number of amides is 1. The molecule has 0 aliphatic carbocycles. The Hall–Kier alpha value is -1.67. The van der Waals surface area contributed by atoms with Crippen LogP contribution in [-0.4, -0.2) is 54.6 Å². The predicted octanol–water partition coefficient (Wildman–Crippen LogP) is 2.33. The van der Waals surface area contributed by atoms with Crippen LogP contribution in [0.4, 0.5) is 17.6 Å².